The summed E-state index contributed by atoms with van der Waals surface area (Å²) in [5.74, 6) is 0.762. The van der Waals surface area contributed by atoms with Crippen LogP contribution in [0.15, 0.2) is 18.2 Å². The van der Waals surface area contributed by atoms with Crippen molar-refractivity contribution in [3.63, 3.8) is 0 Å². The summed E-state index contributed by atoms with van der Waals surface area (Å²) in [6.45, 7) is 7.89. The molecule has 2 aromatic rings. The summed E-state index contributed by atoms with van der Waals surface area (Å²) in [6.07, 6.45) is 2.57. The molecule has 1 fully saturated rings. The molecule has 0 aliphatic carbocycles. The molecule has 2 heteroatoms. The summed E-state index contributed by atoms with van der Waals surface area (Å²) in [5.41, 5.74) is 2.81. The van der Waals surface area contributed by atoms with Gasteiger partial charge in [-0.15, -0.1) is 11.3 Å². The highest BCUT2D eigenvalue weighted by Gasteiger charge is 2.21. The molecule has 1 aliphatic rings. The fraction of sp³-hybridized carbons (Fsp3) is 0.500. The van der Waals surface area contributed by atoms with Gasteiger partial charge >= 0.3 is 0 Å². The normalized spacial score (nSPS) is 24.6. The van der Waals surface area contributed by atoms with Gasteiger partial charge in [0.25, 0.3) is 0 Å². The minimum Gasteiger partial charge on any atom is -0.314 e. The molecule has 18 heavy (non-hydrogen) atoms. The summed E-state index contributed by atoms with van der Waals surface area (Å²) >= 11 is 2.01. The standard InChI is InChI=1S/C16H21NS/c1-10-6-11(2)14-9-15(18-16(14)7-10)13-4-5-17-12(3)8-13/h6-7,9,12-13,17H,4-5,8H2,1-3H3/t12-,13?/m0/s1. The molecule has 0 saturated carbocycles. The molecule has 96 valence electrons. The first kappa shape index (κ1) is 12.2. The Hall–Kier alpha value is -0.860. The van der Waals surface area contributed by atoms with E-state index in [0.717, 1.165) is 12.5 Å². The lowest BCUT2D eigenvalue weighted by Crippen LogP contribution is -2.34. The number of fused-ring (bicyclic) bond motifs is 1. The third-order valence-corrected chi connectivity index (χ3v) is 5.28. The van der Waals surface area contributed by atoms with Gasteiger partial charge in [0.15, 0.2) is 0 Å². The van der Waals surface area contributed by atoms with E-state index in [-0.39, 0.29) is 0 Å². The van der Waals surface area contributed by atoms with Crippen LogP contribution < -0.4 is 5.32 Å². The number of thiophene rings is 1. The predicted molar refractivity (Wildman–Crippen MR) is 80.7 cm³/mol. The van der Waals surface area contributed by atoms with Crippen LogP contribution in [0.4, 0.5) is 0 Å². The first-order valence-corrected chi connectivity index (χ1v) is 7.69. The maximum atomic E-state index is 3.54. The molecule has 1 aliphatic heterocycles. The van der Waals surface area contributed by atoms with Crippen LogP contribution in [0.1, 0.15) is 41.7 Å². The molecule has 1 aromatic carbocycles. The maximum Gasteiger partial charge on any atom is 0.0351 e. The van der Waals surface area contributed by atoms with E-state index in [4.69, 9.17) is 0 Å². The van der Waals surface area contributed by atoms with Crippen molar-refractivity contribution in [2.45, 2.75) is 45.6 Å². The fourth-order valence-electron chi connectivity index (χ4n) is 3.10. The molecule has 0 bridgehead atoms. The van der Waals surface area contributed by atoms with E-state index in [1.807, 2.05) is 11.3 Å². The van der Waals surface area contributed by atoms with Crippen molar-refractivity contribution in [3.8, 4) is 0 Å². The summed E-state index contributed by atoms with van der Waals surface area (Å²) in [4.78, 5) is 1.59. The maximum absolute atomic E-state index is 3.54. The number of hydrogen-bond acceptors (Lipinski definition) is 2. The second-order valence-corrected chi connectivity index (χ2v) is 6.83. The molecule has 1 N–H and O–H groups in total. The zero-order valence-corrected chi connectivity index (χ0v) is 12.2. The predicted octanol–water partition coefficient (Wildman–Crippen LogP) is 4.37. The quantitative estimate of drug-likeness (QED) is 0.801. The molecule has 3 rings (SSSR count). The Morgan fingerprint density at radius 1 is 1.22 bits per heavy atom. The van der Waals surface area contributed by atoms with Gasteiger partial charge in [-0.25, -0.2) is 0 Å². The number of benzene rings is 1. The molecule has 0 amide bonds. The van der Waals surface area contributed by atoms with Gasteiger partial charge in [0, 0.05) is 15.6 Å². The van der Waals surface area contributed by atoms with E-state index in [9.17, 15) is 0 Å². The lowest BCUT2D eigenvalue weighted by Gasteiger charge is -2.27. The highest BCUT2D eigenvalue weighted by atomic mass is 32.1. The molecule has 2 atom stereocenters. The van der Waals surface area contributed by atoms with Gasteiger partial charge in [-0.1, -0.05) is 6.07 Å². The summed E-state index contributed by atoms with van der Waals surface area (Å²) in [6, 6.07) is 7.74. The number of hydrogen-bond donors (Lipinski definition) is 1. The van der Waals surface area contributed by atoms with Crippen LogP contribution in [-0.2, 0) is 0 Å². The second kappa shape index (κ2) is 4.67. The van der Waals surface area contributed by atoms with Gasteiger partial charge in [-0.05, 0) is 74.7 Å². The first-order chi connectivity index (χ1) is 8.63. The van der Waals surface area contributed by atoms with Crippen LogP contribution in [0, 0.1) is 13.8 Å². The Kier molecular flexibility index (Phi) is 3.16. The van der Waals surface area contributed by atoms with Crippen molar-refractivity contribution < 1.29 is 0 Å². The molecule has 1 unspecified atom stereocenters. The first-order valence-electron chi connectivity index (χ1n) is 6.87. The Bertz CT molecular complexity index is 570. The number of rotatable bonds is 1. The second-order valence-electron chi connectivity index (χ2n) is 5.72. The molecule has 1 saturated heterocycles. The molecular weight excluding hydrogens is 238 g/mol. The van der Waals surface area contributed by atoms with Crippen LogP contribution in [0.2, 0.25) is 0 Å². The SMILES string of the molecule is Cc1cc(C)c2cc(C3CCN[C@@H](C)C3)sc2c1. The van der Waals surface area contributed by atoms with Crippen LogP contribution in [0.25, 0.3) is 10.1 Å². The summed E-state index contributed by atoms with van der Waals surface area (Å²) < 4.78 is 1.47. The van der Waals surface area contributed by atoms with Crippen molar-refractivity contribution in [1.29, 1.82) is 0 Å². The van der Waals surface area contributed by atoms with E-state index in [1.165, 1.54) is 34.1 Å². The van der Waals surface area contributed by atoms with E-state index < -0.39 is 0 Å². The van der Waals surface area contributed by atoms with Gasteiger partial charge in [0.2, 0.25) is 0 Å². The van der Waals surface area contributed by atoms with E-state index in [0.29, 0.717) is 6.04 Å². The largest absolute Gasteiger partial charge is 0.314 e. The van der Waals surface area contributed by atoms with Crippen molar-refractivity contribution in [1.82, 2.24) is 5.32 Å². The molecule has 0 spiro atoms. The van der Waals surface area contributed by atoms with Crippen molar-refractivity contribution in [2.24, 2.45) is 0 Å². The zero-order valence-electron chi connectivity index (χ0n) is 11.4. The van der Waals surface area contributed by atoms with Crippen LogP contribution in [0.5, 0.6) is 0 Å². The number of piperidine rings is 1. The summed E-state index contributed by atoms with van der Waals surface area (Å²) in [7, 11) is 0. The van der Waals surface area contributed by atoms with Crippen molar-refractivity contribution >= 4 is 21.4 Å². The lowest BCUT2D eigenvalue weighted by atomic mass is 9.91. The third-order valence-electron chi connectivity index (χ3n) is 4.03. The van der Waals surface area contributed by atoms with Gasteiger partial charge in [-0.2, -0.15) is 0 Å². The topological polar surface area (TPSA) is 12.0 Å². The summed E-state index contributed by atoms with van der Waals surface area (Å²) in [5, 5.41) is 5.01. The van der Waals surface area contributed by atoms with E-state index >= 15 is 0 Å². The van der Waals surface area contributed by atoms with Crippen LogP contribution >= 0.6 is 11.3 Å². The Labute approximate surface area is 113 Å². The van der Waals surface area contributed by atoms with Gasteiger partial charge < -0.3 is 5.32 Å². The fourth-order valence-corrected chi connectivity index (χ4v) is 4.49. The molecule has 1 nitrogen and oxygen atoms in total. The highest BCUT2D eigenvalue weighted by Crippen LogP contribution is 2.37. The smallest absolute Gasteiger partial charge is 0.0351 e. The Morgan fingerprint density at radius 3 is 2.83 bits per heavy atom. The Balaban J connectivity index is 2.00. The number of aryl methyl sites for hydroxylation is 2. The van der Waals surface area contributed by atoms with Gasteiger partial charge in [-0.3, -0.25) is 0 Å². The van der Waals surface area contributed by atoms with Crippen LogP contribution in [-0.4, -0.2) is 12.6 Å². The highest BCUT2D eigenvalue weighted by molar-refractivity contribution is 7.19. The van der Waals surface area contributed by atoms with Crippen molar-refractivity contribution in [2.75, 3.05) is 6.54 Å². The minimum atomic E-state index is 0.664. The zero-order chi connectivity index (χ0) is 12.7. The van der Waals surface area contributed by atoms with Crippen molar-refractivity contribution in [3.05, 3.63) is 34.2 Å². The van der Waals surface area contributed by atoms with E-state index in [2.05, 4.69) is 44.3 Å². The lowest BCUT2D eigenvalue weighted by molar-refractivity contribution is 0.384. The minimum absolute atomic E-state index is 0.664. The molecule has 1 aromatic heterocycles. The average molecular weight is 259 g/mol. The van der Waals surface area contributed by atoms with Gasteiger partial charge in [0.05, 0.1) is 0 Å². The number of nitrogens with one attached hydrogen (secondary N) is 1. The molecule has 2 heterocycles. The third kappa shape index (κ3) is 2.19. The monoisotopic (exact) mass is 259 g/mol. The Morgan fingerprint density at radius 2 is 2.06 bits per heavy atom. The molecule has 0 radical (unpaired) electrons. The van der Waals surface area contributed by atoms with Gasteiger partial charge in [0.1, 0.15) is 0 Å². The van der Waals surface area contributed by atoms with Crippen LogP contribution in [0.3, 0.4) is 0 Å². The van der Waals surface area contributed by atoms with E-state index in [1.54, 1.807) is 4.88 Å². The average Bonchev–Trinajstić information content (AvgIpc) is 2.73. The molecular formula is C16H21NS.